The van der Waals surface area contributed by atoms with E-state index in [1.807, 2.05) is 35.0 Å². The average molecular weight is 339 g/mol. The molecule has 2 heterocycles. The molecule has 0 radical (unpaired) electrons. The third-order valence-electron chi connectivity index (χ3n) is 4.96. The number of carbonyl (C=O) groups is 2. The topological polar surface area (TPSA) is 73.2 Å². The molecule has 6 nitrogen and oxygen atoms in total. The van der Waals surface area contributed by atoms with E-state index < -0.39 is 0 Å². The van der Waals surface area contributed by atoms with Crippen molar-refractivity contribution in [2.24, 2.45) is 5.92 Å². The van der Waals surface area contributed by atoms with Crippen LogP contribution in [-0.2, 0) is 33.8 Å². The van der Waals surface area contributed by atoms with Gasteiger partial charge in [-0.15, -0.1) is 0 Å². The Balaban J connectivity index is 1.48. The van der Waals surface area contributed by atoms with Gasteiger partial charge in [-0.05, 0) is 37.8 Å². The molecule has 1 atom stereocenters. The Hall–Kier alpha value is -2.63. The van der Waals surface area contributed by atoms with E-state index in [2.05, 4.69) is 5.32 Å². The first-order chi connectivity index (χ1) is 12.2. The van der Waals surface area contributed by atoms with Crippen LogP contribution in [0.1, 0.15) is 36.2 Å². The van der Waals surface area contributed by atoms with Gasteiger partial charge < -0.3 is 10.1 Å². The van der Waals surface area contributed by atoms with E-state index in [9.17, 15) is 9.59 Å². The number of fused-ring (bicyclic) bond motifs is 1. The maximum absolute atomic E-state index is 12.2. The summed E-state index contributed by atoms with van der Waals surface area (Å²) in [7, 11) is 0. The van der Waals surface area contributed by atoms with Gasteiger partial charge in [0, 0.05) is 24.2 Å². The van der Waals surface area contributed by atoms with Crippen molar-refractivity contribution < 1.29 is 14.3 Å². The normalized spacial score (nSPS) is 19.4. The van der Waals surface area contributed by atoms with E-state index in [-0.39, 0.29) is 24.4 Å². The highest BCUT2D eigenvalue weighted by Gasteiger charge is 2.28. The van der Waals surface area contributed by atoms with Gasteiger partial charge in [-0.3, -0.25) is 9.59 Å². The second-order valence-corrected chi connectivity index (χ2v) is 6.62. The molecule has 4 rings (SSSR count). The zero-order valence-electron chi connectivity index (χ0n) is 14.0. The van der Waals surface area contributed by atoms with Gasteiger partial charge in [0.2, 0.25) is 5.91 Å². The summed E-state index contributed by atoms with van der Waals surface area (Å²) in [6.45, 7) is 0.569. The van der Waals surface area contributed by atoms with Crippen LogP contribution in [0.2, 0.25) is 0 Å². The number of benzene rings is 1. The van der Waals surface area contributed by atoms with Crippen LogP contribution < -0.4 is 5.32 Å². The van der Waals surface area contributed by atoms with E-state index >= 15 is 0 Å². The van der Waals surface area contributed by atoms with Gasteiger partial charge in [0.15, 0.2) is 0 Å². The van der Waals surface area contributed by atoms with Gasteiger partial charge in [0.05, 0.1) is 11.6 Å². The van der Waals surface area contributed by atoms with Crippen molar-refractivity contribution in [2.75, 3.05) is 6.54 Å². The first kappa shape index (κ1) is 15.9. The SMILES string of the molecule is O=C1CCC(C(=O)OCc2nn(-c3ccccc3)c3c2CCC3)CN1. The molecule has 1 saturated heterocycles. The maximum atomic E-state index is 12.2. The molecule has 1 aromatic carbocycles. The van der Waals surface area contributed by atoms with Crippen LogP contribution in [-0.4, -0.2) is 28.2 Å². The highest BCUT2D eigenvalue weighted by atomic mass is 16.5. The molecule has 1 amide bonds. The average Bonchev–Trinajstić information content (AvgIpc) is 3.24. The quantitative estimate of drug-likeness (QED) is 0.864. The molecule has 130 valence electrons. The third kappa shape index (κ3) is 3.16. The number of para-hydroxylation sites is 1. The molecular weight excluding hydrogens is 318 g/mol. The molecule has 1 fully saturated rings. The fourth-order valence-electron chi connectivity index (χ4n) is 3.60. The van der Waals surface area contributed by atoms with Crippen LogP contribution in [0.25, 0.3) is 5.69 Å². The highest BCUT2D eigenvalue weighted by molar-refractivity contribution is 5.80. The monoisotopic (exact) mass is 339 g/mol. The van der Waals surface area contributed by atoms with Gasteiger partial charge in [-0.25, -0.2) is 4.68 Å². The predicted molar refractivity (Wildman–Crippen MR) is 91.1 cm³/mol. The molecule has 0 saturated carbocycles. The van der Waals surface area contributed by atoms with Crippen molar-refractivity contribution in [3.05, 3.63) is 47.3 Å². The van der Waals surface area contributed by atoms with Crippen molar-refractivity contribution in [2.45, 2.75) is 38.7 Å². The smallest absolute Gasteiger partial charge is 0.311 e. The molecular formula is C19H21N3O3. The molecule has 1 unspecified atom stereocenters. The lowest BCUT2D eigenvalue weighted by Gasteiger charge is -2.20. The molecule has 1 aliphatic heterocycles. The van der Waals surface area contributed by atoms with Crippen molar-refractivity contribution in [3.63, 3.8) is 0 Å². The first-order valence-electron chi connectivity index (χ1n) is 8.81. The van der Waals surface area contributed by atoms with Gasteiger partial charge in [-0.1, -0.05) is 18.2 Å². The second-order valence-electron chi connectivity index (χ2n) is 6.62. The number of ether oxygens (including phenoxy) is 1. The maximum Gasteiger partial charge on any atom is 0.311 e. The number of piperidine rings is 1. The molecule has 1 aliphatic carbocycles. The van der Waals surface area contributed by atoms with Gasteiger partial charge in [-0.2, -0.15) is 5.10 Å². The third-order valence-corrected chi connectivity index (χ3v) is 4.96. The number of hydrogen-bond donors (Lipinski definition) is 1. The Bertz CT molecular complexity index is 788. The van der Waals surface area contributed by atoms with E-state index in [1.165, 1.54) is 11.3 Å². The van der Waals surface area contributed by atoms with Crippen LogP contribution in [0, 0.1) is 5.92 Å². The fourth-order valence-corrected chi connectivity index (χ4v) is 3.60. The number of carbonyl (C=O) groups excluding carboxylic acids is 2. The van der Waals surface area contributed by atoms with Crippen LogP contribution in [0.4, 0.5) is 0 Å². The van der Waals surface area contributed by atoms with E-state index in [0.29, 0.717) is 19.4 Å². The minimum absolute atomic E-state index is 0.00322. The number of esters is 1. The standard InChI is InChI=1S/C19H21N3O3/c23-18-10-9-13(11-20-18)19(24)25-12-16-15-7-4-8-17(15)22(21-16)14-5-2-1-3-6-14/h1-3,5-6,13H,4,7-12H2,(H,20,23). The van der Waals surface area contributed by atoms with Crippen LogP contribution in [0.5, 0.6) is 0 Å². The number of nitrogens with zero attached hydrogens (tertiary/aromatic N) is 2. The first-order valence-corrected chi connectivity index (χ1v) is 8.81. The minimum Gasteiger partial charge on any atom is -0.459 e. The van der Waals surface area contributed by atoms with E-state index in [0.717, 1.165) is 30.6 Å². The van der Waals surface area contributed by atoms with Gasteiger partial charge in [0.1, 0.15) is 12.3 Å². The molecule has 2 aliphatic rings. The lowest BCUT2D eigenvalue weighted by atomic mass is 9.99. The molecule has 25 heavy (non-hydrogen) atoms. The number of nitrogens with one attached hydrogen (secondary N) is 1. The Morgan fingerprint density at radius 2 is 2.08 bits per heavy atom. The Morgan fingerprint density at radius 3 is 2.84 bits per heavy atom. The summed E-state index contributed by atoms with van der Waals surface area (Å²) in [6, 6.07) is 10.0. The summed E-state index contributed by atoms with van der Waals surface area (Å²) < 4.78 is 7.49. The number of hydrogen-bond acceptors (Lipinski definition) is 4. The van der Waals surface area contributed by atoms with Crippen LogP contribution in [0.15, 0.2) is 30.3 Å². The lowest BCUT2D eigenvalue weighted by molar-refractivity contribution is -0.151. The van der Waals surface area contributed by atoms with Crippen molar-refractivity contribution in [1.29, 1.82) is 0 Å². The van der Waals surface area contributed by atoms with Gasteiger partial charge >= 0.3 is 5.97 Å². The van der Waals surface area contributed by atoms with Crippen molar-refractivity contribution >= 4 is 11.9 Å². The number of amides is 1. The largest absolute Gasteiger partial charge is 0.459 e. The number of rotatable bonds is 4. The Labute approximate surface area is 146 Å². The number of aromatic nitrogens is 2. The summed E-state index contributed by atoms with van der Waals surface area (Å²) in [5.74, 6) is -0.494. The molecule has 1 N–H and O–H groups in total. The fraction of sp³-hybridized carbons (Fsp3) is 0.421. The van der Waals surface area contributed by atoms with Crippen molar-refractivity contribution in [3.8, 4) is 5.69 Å². The van der Waals surface area contributed by atoms with Crippen molar-refractivity contribution in [1.82, 2.24) is 15.1 Å². The van der Waals surface area contributed by atoms with Crippen LogP contribution in [0.3, 0.4) is 0 Å². The van der Waals surface area contributed by atoms with E-state index in [4.69, 9.17) is 9.84 Å². The second kappa shape index (κ2) is 6.70. The summed E-state index contributed by atoms with van der Waals surface area (Å²) in [5.41, 5.74) is 4.33. The molecule has 1 aromatic heterocycles. The summed E-state index contributed by atoms with van der Waals surface area (Å²) in [4.78, 5) is 23.4. The zero-order valence-corrected chi connectivity index (χ0v) is 14.0. The zero-order chi connectivity index (χ0) is 17.2. The molecule has 0 spiro atoms. The van der Waals surface area contributed by atoms with Gasteiger partial charge in [0.25, 0.3) is 0 Å². The predicted octanol–water partition coefficient (Wildman–Crippen LogP) is 1.93. The minimum atomic E-state index is -0.249. The molecule has 0 bridgehead atoms. The molecule has 6 heteroatoms. The summed E-state index contributed by atoms with van der Waals surface area (Å²) >= 11 is 0. The highest BCUT2D eigenvalue weighted by Crippen LogP contribution is 2.28. The Kier molecular flexibility index (Phi) is 4.26. The van der Waals surface area contributed by atoms with E-state index in [1.54, 1.807) is 0 Å². The Morgan fingerprint density at radius 1 is 1.24 bits per heavy atom. The summed E-state index contributed by atoms with van der Waals surface area (Å²) in [5, 5.41) is 7.42. The molecule has 2 aromatic rings. The van der Waals surface area contributed by atoms with Crippen LogP contribution >= 0.6 is 0 Å². The lowest BCUT2D eigenvalue weighted by Crippen LogP contribution is -2.39. The summed E-state index contributed by atoms with van der Waals surface area (Å²) in [6.07, 6.45) is 4.03.